The molecule has 0 saturated carbocycles. The lowest BCUT2D eigenvalue weighted by Crippen LogP contribution is -2.04. The molecule has 0 bridgehead atoms. The number of anilines is 2. The number of nitrogen functional groups attached to an aromatic ring is 1. The molecule has 0 unspecified atom stereocenters. The van der Waals surface area contributed by atoms with Crippen LogP contribution in [0.5, 0.6) is 0 Å². The standard InChI is InChI=1S/C11H11ClN4/c12-10-4-3-9(13)11(16-10)15-7-8-2-1-5-14-6-8/h1-6H,7,13H2,(H,15,16). The highest BCUT2D eigenvalue weighted by Gasteiger charge is 2.01. The maximum atomic E-state index is 5.78. The maximum Gasteiger partial charge on any atom is 0.151 e. The molecule has 82 valence electrons. The number of rotatable bonds is 3. The Kier molecular flexibility index (Phi) is 3.22. The predicted octanol–water partition coefficient (Wildman–Crippen LogP) is 2.32. The van der Waals surface area contributed by atoms with E-state index in [0.717, 1.165) is 5.56 Å². The van der Waals surface area contributed by atoms with Crippen LogP contribution in [0.2, 0.25) is 5.15 Å². The number of halogens is 1. The molecule has 3 N–H and O–H groups in total. The average molecular weight is 235 g/mol. The minimum Gasteiger partial charge on any atom is -0.396 e. The highest BCUT2D eigenvalue weighted by atomic mass is 35.5. The molecule has 2 rings (SSSR count). The fourth-order valence-corrected chi connectivity index (χ4v) is 1.42. The monoisotopic (exact) mass is 234 g/mol. The Bertz CT molecular complexity index is 473. The highest BCUT2D eigenvalue weighted by molar-refractivity contribution is 6.29. The van der Waals surface area contributed by atoms with Crippen molar-refractivity contribution in [3.05, 3.63) is 47.4 Å². The third kappa shape index (κ3) is 2.61. The van der Waals surface area contributed by atoms with Crippen molar-refractivity contribution >= 4 is 23.1 Å². The third-order valence-corrected chi connectivity index (χ3v) is 2.29. The SMILES string of the molecule is Nc1ccc(Cl)nc1NCc1cccnc1. The van der Waals surface area contributed by atoms with E-state index < -0.39 is 0 Å². The molecule has 0 amide bonds. The molecule has 0 saturated heterocycles. The van der Waals surface area contributed by atoms with E-state index in [-0.39, 0.29) is 0 Å². The first-order valence-corrected chi connectivity index (χ1v) is 5.18. The van der Waals surface area contributed by atoms with Crippen molar-refractivity contribution in [3.63, 3.8) is 0 Å². The minimum atomic E-state index is 0.419. The van der Waals surface area contributed by atoms with E-state index in [1.54, 1.807) is 24.5 Å². The van der Waals surface area contributed by atoms with Crippen LogP contribution in [0.25, 0.3) is 0 Å². The van der Waals surface area contributed by atoms with Crippen molar-refractivity contribution in [1.82, 2.24) is 9.97 Å². The molecular weight excluding hydrogens is 224 g/mol. The molecule has 0 fully saturated rings. The summed E-state index contributed by atoms with van der Waals surface area (Å²) in [4.78, 5) is 8.12. The fraction of sp³-hybridized carbons (Fsp3) is 0.0909. The summed E-state index contributed by atoms with van der Waals surface area (Å²) < 4.78 is 0. The Labute approximate surface area is 98.5 Å². The molecule has 0 aliphatic rings. The largest absolute Gasteiger partial charge is 0.396 e. The lowest BCUT2D eigenvalue weighted by molar-refractivity contribution is 1.09. The third-order valence-electron chi connectivity index (χ3n) is 2.08. The van der Waals surface area contributed by atoms with E-state index in [1.165, 1.54) is 0 Å². The molecule has 0 atom stereocenters. The van der Waals surface area contributed by atoms with Crippen molar-refractivity contribution < 1.29 is 0 Å². The number of aromatic nitrogens is 2. The van der Waals surface area contributed by atoms with Crippen molar-refractivity contribution in [1.29, 1.82) is 0 Å². The van der Waals surface area contributed by atoms with Crippen LogP contribution >= 0.6 is 11.6 Å². The van der Waals surface area contributed by atoms with Gasteiger partial charge in [-0.2, -0.15) is 0 Å². The molecule has 2 aromatic heterocycles. The Morgan fingerprint density at radius 1 is 1.31 bits per heavy atom. The quantitative estimate of drug-likeness (QED) is 0.800. The van der Waals surface area contributed by atoms with Crippen LogP contribution in [0.1, 0.15) is 5.56 Å². The van der Waals surface area contributed by atoms with E-state index in [1.807, 2.05) is 12.1 Å². The van der Waals surface area contributed by atoms with Crippen LogP contribution < -0.4 is 11.1 Å². The van der Waals surface area contributed by atoms with Crippen molar-refractivity contribution in [2.45, 2.75) is 6.54 Å². The summed E-state index contributed by atoms with van der Waals surface area (Å²) in [6.45, 7) is 0.616. The summed E-state index contributed by atoms with van der Waals surface area (Å²) in [5, 5.41) is 3.53. The Balaban J connectivity index is 2.08. The zero-order valence-corrected chi connectivity index (χ0v) is 9.28. The van der Waals surface area contributed by atoms with E-state index in [4.69, 9.17) is 17.3 Å². The Morgan fingerprint density at radius 3 is 2.94 bits per heavy atom. The number of nitrogens with zero attached hydrogens (tertiary/aromatic N) is 2. The maximum absolute atomic E-state index is 5.78. The van der Waals surface area contributed by atoms with E-state index in [0.29, 0.717) is 23.2 Å². The fourth-order valence-electron chi connectivity index (χ4n) is 1.28. The second kappa shape index (κ2) is 4.81. The van der Waals surface area contributed by atoms with Crippen LogP contribution in [0.4, 0.5) is 11.5 Å². The van der Waals surface area contributed by atoms with Gasteiger partial charge in [0, 0.05) is 18.9 Å². The summed E-state index contributed by atoms with van der Waals surface area (Å²) in [5.74, 6) is 0.594. The minimum absolute atomic E-state index is 0.419. The molecule has 2 heterocycles. The molecule has 0 radical (unpaired) electrons. The van der Waals surface area contributed by atoms with Gasteiger partial charge < -0.3 is 11.1 Å². The predicted molar refractivity (Wildman–Crippen MR) is 65.2 cm³/mol. The van der Waals surface area contributed by atoms with Gasteiger partial charge >= 0.3 is 0 Å². The molecule has 0 aromatic carbocycles. The second-order valence-electron chi connectivity index (χ2n) is 3.29. The summed E-state index contributed by atoms with van der Waals surface area (Å²) in [6.07, 6.45) is 3.52. The van der Waals surface area contributed by atoms with Gasteiger partial charge in [-0.05, 0) is 23.8 Å². The second-order valence-corrected chi connectivity index (χ2v) is 3.67. The Hall–Kier alpha value is -1.81. The summed E-state index contributed by atoms with van der Waals surface area (Å²) in [6, 6.07) is 7.24. The van der Waals surface area contributed by atoms with E-state index in [9.17, 15) is 0 Å². The molecule has 2 aromatic rings. The Morgan fingerprint density at radius 2 is 2.19 bits per heavy atom. The number of nitrogens with one attached hydrogen (secondary N) is 1. The van der Waals surface area contributed by atoms with Gasteiger partial charge in [-0.3, -0.25) is 4.98 Å². The van der Waals surface area contributed by atoms with Gasteiger partial charge in [-0.25, -0.2) is 4.98 Å². The van der Waals surface area contributed by atoms with Crippen LogP contribution in [0.3, 0.4) is 0 Å². The van der Waals surface area contributed by atoms with Crippen LogP contribution in [0.15, 0.2) is 36.7 Å². The number of pyridine rings is 2. The zero-order valence-electron chi connectivity index (χ0n) is 8.52. The van der Waals surface area contributed by atoms with Crippen molar-refractivity contribution in [2.24, 2.45) is 0 Å². The normalized spacial score (nSPS) is 10.1. The number of hydrogen-bond acceptors (Lipinski definition) is 4. The smallest absolute Gasteiger partial charge is 0.151 e. The molecule has 0 aliphatic carbocycles. The van der Waals surface area contributed by atoms with Gasteiger partial charge in [0.25, 0.3) is 0 Å². The molecule has 16 heavy (non-hydrogen) atoms. The summed E-state index contributed by atoms with van der Waals surface area (Å²) in [7, 11) is 0. The van der Waals surface area contributed by atoms with Crippen LogP contribution in [0, 0.1) is 0 Å². The highest BCUT2D eigenvalue weighted by Crippen LogP contribution is 2.18. The molecule has 0 aliphatic heterocycles. The zero-order chi connectivity index (χ0) is 11.4. The van der Waals surface area contributed by atoms with Gasteiger partial charge in [0.2, 0.25) is 0 Å². The lowest BCUT2D eigenvalue weighted by atomic mass is 10.3. The van der Waals surface area contributed by atoms with E-state index >= 15 is 0 Å². The van der Waals surface area contributed by atoms with E-state index in [2.05, 4.69) is 15.3 Å². The topological polar surface area (TPSA) is 63.8 Å². The van der Waals surface area contributed by atoms with Crippen molar-refractivity contribution in [3.8, 4) is 0 Å². The number of nitrogens with two attached hydrogens (primary N) is 1. The summed E-state index contributed by atoms with van der Waals surface area (Å²) >= 11 is 5.78. The van der Waals surface area contributed by atoms with Gasteiger partial charge in [0.15, 0.2) is 5.82 Å². The molecule has 0 spiro atoms. The van der Waals surface area contributed by atoms with Gasteiger partial charge in [-0.1, -0.05) is 17.7 Å². The molecule has 4 nitrogen and oxygen atoms in total. The molecular formula is C11H11ClN4. The molecule has 5 heteroatoms. The number of hydrogen-bond donors (Lipinski definition) is 2. The van der Waals surface area contributed by atoms with Crippen LogP contribution in [-0.4, -0.2) is 9.97 Å². The first kappa shape index (κ1) is 10.7. The lowest BCUT2D eigenvalue weighted by Gasteiger charge is -2.08. The van der Waals surface area contributed by atoms with Gasteiger partial charge in [-0.15, -0.1) is 0 Å². The van der Waals surface area contributed by atoms with Crippen molar-refractivity contribution in [2.75, 3.05) is 11.1 Å². The van der Waals surface area contributed by atoms with Gasteiger partial charge in [0.1, 0.15) is 5.15 Å². The first-order valence-electron chi connectivity index (χ1n) is 4.80. The van der Waals surface area contributed by atoms with Crippen LogP contribution in [-0.2, 0) is 6.54 Å². The average Bonchev–Trinajstić information content (AvgIpc) is 2.32. The summed E-state index contributed by atoms with van der Waals surface area (Å²) in [5.41, 5.74) is 7.39. The first-order chi connectivity index (χ1) is 7.75. The van der Waals surface area contributed by atoms with Gasteiger partial charge in [0.05, 0.1) is 5.69 Å².